The fourth-order valence-corrected chi connectivity index (χ4v) is 5.20. The number of piperazine rings is 1. The Balaban J connectivity index is 1.51. The molecule has 0 bridgehead atoms. The summed E-state index contributed by atoms with van der Waals surface area (Å²) in [4.78, 5) is 21.2. The number of hydrogen-bond acceptors (Lipinski definition) is 7. The fourth-order valence-electron chi connectivity index (χ4n) is 5.20. The van der Waals surface area contributed by atoms with Gasteiger partial charge in [-0.05, 0) is 46.9 Å². The lowest BCUT2D eigenvalue weighted by molar-refractivity contribution is -0.376. The van der Waals surface area contributed by atoms with Crippen LogP contribution in [0.4, 0.5) is 26.3 Å². The third kappa shape index (κ3) is 7.18. The second-order valence-corrected chi connectivity index (χ2v) is 10.5. The minimum atomic E-state index is -5.95. The molecule has 3 aromatic rings. The molecular weight excluding hydrogens is 578 g/mol. The lowest BCUT2D eigenvalue weighted by Gasteiger charge is -2.40. The Morgan fingerprint density at radius 3 is 2.19 bits per heavy atom. The second-order valence-electron chi connectivity index (χ2n) is 10.5. The van der Waals surface area contributed by atoms with Gasteiger partial charge in [0.25, 0.3) is 5.60 Å². The fraction of sp³-hybridized carbons (Fsp3) is 0.400. The molecule has 1 aliphatic heterocycles. The van der Waals surface area contributed by atoms with Crippen molar-refractivity contribution in [2.45, 2.75) is 44.0 Å². The van der Waals surface area contributed by atoms with Gasteiger partial charge in [-0.1, -0.05) is 42.5 Å². The molecule has 1 aromatic heterocycles. The van der Waals surface area contributed by atoms with Crippen molar-refractivity contribution in [3.05, 3.63) is 89.2 Å². The summed E-state index contributed by atoms with van der Waals surface area (Å²) in [5.74, 6) is -0.379. The van der Waals surface area contributed by atoms with Crippen molar-refractivity contribution in [2.24, 2.45) is 5.73 Å². The summed E-state index contributed by atoms with van der Waals surface area (Å²) < 4.78 is 84.9. The van der Waals surface area contributed by atoms with Crippen LogP contribution in [0.5, 0.6) is 0 Å². The number of nitrogens with two attached hydrogens (primary N) is 1. The van der Waals surface area contributed by atoms with E-state index in [9.17, 15) is 36.2 Å². The summed E-state index contributed by atoms with van der Waals surface area (Å²) in [5.41, 5.74) is 2.85. The Labute approximate surface area is 244 Å². The molecule has 232 valence electrons. The van der Waals surface area contributed by atoms with Crippen LogP contribution in [0, 0.1) is 6.92 Å². The molecule has 0 saturated carbocycles. The molecule has 0 radical (unpaired) electrons. The maximum Gasteiger partial charge on any atom is 0.430 e. The Kier molecular flexibility index (Phi) is 9.79. The molecule has 3 N–H and O–H groups in total. The third-order valence-electron chi connectivity index (χ3n) is 7.48. The van der Waals surface area contributed by atoms with Crippen molar-refractivity contribution < 1.29 is 41.0 Å². The molecule has 0 spiro atoms. The summed E-state index contributed by atoms with van der Waals surface area (Å²) in [6.07, 6.45) is -8.49. The smallest absolute Gasteiger partial charge is 0.430 e. The number of aryl methyl sites for hydroxylation is 1. The average Bonchev–Trinajstić information content (AvgIpc) is 2.96. The first-order valence-electron chi connectivity index (χ1n) is 13.5. The van der Waals surface area contributed by atoms with Gasteiger partial charge in [0.1, 0.15) is 12.6 Å². The summed E-state index contributed by atoms with van der Waals surface area (Å²) in [5, 5.41) is 9.66. The van der Waals surface area contributed by atoms with Crippen LogP contribution in [-0.4, -0.2) is 77.0 Å². The van der Waals surface area contributed by atoms with Gasteiger partial charge < -0.3 is 15.6 Å². The number of carbonyl (C=O) groups is 1. The zero-order valence-electron chi connectivity index (χ0n) is 23.3. The highest BCUT2D eigenvalue weighted by molar-refractivity contribution is 5.76. The molecule has 1 atom stereocenters. The molecule has 0 amide bonds. The zero-order chi connectivity index (χ0) is 31.4. The van der Waals surface area contributed by atoms with Crippen LogP contribution in [0.2, 0.25) is 0 Å². The Morgan fingerprint density at radius 1 is 0.953 bits per heavy atom. The van der Waals surface area contributed by atoms with Crippen LogP contribution in [0.15, 0.2) is 67.0 Å². The number of nitrogens with zero attached hydrogens (tertiary/aromatic N) is 3. The first kappa shape index (κ1) is 32.4. The van der Waals surface area contributed by atoms with Crippen molar-refractivity contribution >= 4 is 5.97 Å². The maximum absolute atomic E-state index is 13.3. The number of aromatic nitrogens is 1. The van der Waals surface area contributed by atoms with Crippen molar-refractivity contribution in [3.63, 3.8) is 0 Å². The van der Waals surface area contributed by atoms with Crippen LogP contribution in [0.1, 0.15) is 22.3 Å². The van der Waals surface area contributed by atoms with Gasteiger partial charge in [0.05, 0.1) is 0 Å². The molecule has 1 fully saturated rings. The molecular formula is C30H32F6N4O3. The Bertz CT molecular complexity index is 1370. The van der Waals surface area contributed by atoms with E-state index in [0.29, 0.717) is 56.0 Å². The van der Waals surface area contributed by atoms with E-state index in [1.165, 1.54) is 0 Å². The van der Waals surface area contributed by atoms with Crippen molar-refractivity contribution in [2.75, 3.05) is 32.8 Å². The molecule has 2 heterocycles. The predicted octanol–water partition coefficient (Wildman–Crippen LogP) is 4.56. The van der Waals surface area contributed by atoms with E-state index in [0.717, 1.165) is 28.8 Å². The van der Waals surface area contributed by atoms with Gasteiger partial charge in [-0.15, -0.1) is 0 Å². The van der Waals surface area contributed by atoms with Gasteiger partial charge in [0, 0.05) is 57.2 Å². The molecule has 43 heavy (non-hydrogen) atoms. The highest BCUT2D eigenvalue weighted by atomic mass is 19.4. The largest absolute Gasteiger partial charge is 0.463 e. The normalized spacial score (nSPS) is 17.2. The maximum atomic E-state index is 13.3. The van der Waals surface area contributed by atoms with Gasteiger partial charge in [-0.25, -0.2) is 0 Å². The number of esters is 1. The first-order chi connectivity index (χ1) is 20.2. The third-order valence-corrected chi connectivity index (χ3v) is 7.48. The van der Waals surface area contributed by atoms with E-state index in [1.54, 1.807) is 31.5 Å². The Hall–Kier alpha value is -3.52. The van der Waals surface area contributed by atoms with E-state index >= 15 is 0 Å². The highest BCUT2D eigenvalue weighted by Crippen LogP contribution is 2.50. The zero-order valence-corrected chi connectivity index (χ0v) is 23.3. The number of pyridine rings is 1. The molecule has 13 heteroatoms. The average molecular weight is 611 g/mol. The van der Waals surface area contributed by atoms with Crippen LogP contribution >= 0.6 is 0 Å². The number of benzene rings is 2. The van der Waals surface area contributed by atoms with Crippen molar-refractivity contribution in [3.8, 4) is 11.1 Å². The highest BCUT2D eigenvalue weighted by Gasteiger charge is 2.71. The van der Waals surface area contributed by atoms with E-state index < -0.39 is 29.6 Å². The molecule has 1 saturated heterocycles. The summed E-state index contributed by atoms with van der Waals surface area (Å²) >= 11 is 0. The monoisotopic (exact) mass is 610 g/mol. The minimum absolute atomic E-state index is 0.101. The van der Waals surface area contributed by atoms with E-state index in [-0.39, 0.29) is 19.1 Å². The topological polar surface area (TPSA) is 91.9 Å². The predicted molar refractivity (Wildman–Crippen MR) is 146 cm³/mol. The van der Waals surface area contributed by atoms with Crippen LogP contribution < -0.4 is 5.73 Å². The lowest BCUT2D eigenvalue weighted by atomic mass is 9.90. The van der Waals surface area contributed by atoms with Crippen LogP contribution in [0.25, 0.3) is 11.1 Å². The van der Waals surface area contributed by atoms with Gasteiger partial charge in [0.2, 0.25) is 0 Å². The SMILES string of the molecule is Cc1cc(CN2CCN(Cc3ccncc3)C[C@H]2C(=O)OCCN)ccc1-c1ccc(C(O)(C(F)(F)F)C(F)(F)F)cc1. The number of halogens is 6. The van der Waals surface area contributed by atoms with Gasteiger partial charge in [-0.3, -0.25) is 19.6 Å². The second kappa shape index (κ2) is 13.0. The van der Waals surface area contributed by atoms with E-state index in [4.69, 9.17) is 10.5 Å². The minimum Gasteiger partial charge on any atom is -0.463 e. The van der Waals surface area contributed by atoms with Crippen molar-refractivity contribution in [1.29, 1.82) is 0 Å². The first-order valence-corrected chi connectivity index (χ1v) is 13.5. The quantitative estimate of drug-likeness (QED) is 0.271. The van der Waals surface area contributed by atoms with E-state index in [2.05, 4.69) is 9.88 Å². The number of aliphatic hydroxyl groups is 1. The summed E-state index contributed by atoms with van der Waals surface area (Å²) in [7, 11) is 0. The number of alkyl halides is 6. The lowest BCUT2D eigenvalue weighted by Crippen LogP contribution is -2.56. The number of carbonyl (C=O) groups excluding carboxylic acids is 1. The molecule has 4 rings (SSSR count). The van der Waals surface area contributed by atoms with Crippen LogP contribution in [0.3, 0.4) is 0 Å². The van der Waals surface area contributed by atoms with Gasteiger partial charge in [-0.2, -0.15) is 26.3 Å². The Morgan fingerprint density at radius 2 is 1.60 bits per heavy atom. The molecule has 7 nitrogen and oxygen atoms in total. The number of hydrogen-bond donors (Lipinski definition) is 2. The summed E-state index contributed by atoms with van der Waals surface area (Å²) in [6.45, 7) is 4.86. The summed E-state index contributed by atoms with van der Waals surface area (Å²) in [6, 6.07) is 12.2. The molecule has 2 aromatic carbocycles. The van der Waals surface area contributed by atoms with E-state index in [1.807, 2.05) is 23.1 Å². The number of ether oxygens (including phenoxy) is 1. The van der Waals surface area contributed by atoms with Gasteiger partial charge in [0.15, 0.2) is 0 Å². The molecule has 0 aliphatic carbocycles. The van der Waals surface area contributed by atoms with Gasteiger partial charge >= 0.3 is 18.3 Å². The number of rotatable bonds is 9. The van der Waals surface area contributed by atoms with Crippen LogP contribution in [-0.2, 0) is 28.2 Å². The molecule has 1 aliphatic rings. The molecule has 0 unspecified atom stereocenters. The standard InChI is InChI=1S/C30H32F6N4O3/c1-20-16-22(2-7-25(20)23-3-5-24(6-4-23)28(42,29(31,32)33)30(34,35)36)18-40-14-13-39(17-21-8-11-38-12-9-21)19-26(40)27(41)43-15-10-37/h2-9,11-12,16,26,42H,10,13-15,17-19,37H2,1H3/t26-/m0/s1. The van der Waals surface area contributed by atoms with Crippen molar-refractivity contribution in [1.82, 2.24) is 14.8 Å².